The second-order valence-electron chi connectivity index (χ2n) is 6.42. The maximum Gasteiger partial charge on any atom is 0.261 e. The van der Waals surface area contributed by atoms with Crippen molar-refractivity contribution in [1.82, 2.24) is 10.2 Å². The fraction of sp³-hybridized carbons (Fsp3) is 0.316. The molecular formula is C19H20N2O3. The maximum absolute atomic E-state index is 12.7. The Morgan fingerprint density at radius 1 is 1.04 bits per heavy atom. The molecule has 2 aromatic rings. The number of carbonyl (C=O) groups is 3. The van der Waals surface area contributed by atoms with Crippen LogP contribution in [0.1, 0.15) is 41.0 Å². The molecule has 0 atom stereocenters. The highest BCUT2D eigenvalue weighted by atomic mass is 16.2. The fourth-order valence-corrected chi connectivity index (χ4v) is 2.90. The number of nitrogens with one attached hydrogen (secondary N) is 1. The van der Waals surface area contributed by atoms with Crippen molar-refractivity contribution >= 4 is 28.5 Å². The highest BCUT2D eigenvalue weighted by Gasteiger charge is 2.32. The Bertz CT molecular complexity index is 776. The van der Waals surface area contributed by atoms with Crippen LogP contribution in [0.2, 0.25) is 0 Å². The zero-order valence-corrected chi connectivity index (χ0v) is 13.8. The van der Waals surface area contributed by atoms with Crippen LogP contribution in [0.15, 0.2) is 36.4 Å². The third-order valence-corrected chi connectivity index (χ3v) is 4.13. The number of nitrogens with zero attached hydrogens (tertiary/aromatic N) is 1. The smallest absolute Gasteiger partial charge is 0.261 e. The van der Waals surface area contributed by atoms with Gasteiger partial charge in [-0.15, -0.1) is 0 Å². The van der Waals surface area contributed by atoms with Gasteiger partial charge in [0, 0.05) is 36.0 Å². The molecule has 0 aliphatic carbocycles. The zero-order chi connectivity index (χ0) is 17.3. The van der Waals surface area contributed by atoms with Crippen molar-refractivity contribution in [2.24, 2.45) is 5.92 Å². The Labute approximate surface area is 140 Å². The van der Waals surface area contributed by atoms with Gasteiger partial charge in [0.15, 0.2) is 0 Å². The van der Waals surface area contributed by atoms with Crippen LogP contribution < -0.4 is 5.32 Å². The molecule has 5 heteroatoms. The standard InChI is InChI=1S/C19H20N2O3/c1-12(2)11-20-16(22)9-10-21-18(23)14-7-3-5-13-6-4-8-15(17(13)14)19(21)24/h3-8,12H,9-11H2,1-2H3,(H,20,22). The van der Waals surface area contributed by atoms with Gasteiger partial charge >= 0.3 is 0 Å². The van der Waals surface area contributed by atoms with Crippen molar-refractivity contribution in [3.8, 4) is 0 Å². The molecule has 1 N–H and O–H groups in total. The summed E-state index contributed by atoms with van der Waals surface area (Å²) in [4.78, 5) is 38.4. The number of carbonyl (C=O) groups excluding carboxylic acids is 3. The van der Waals surface area contributed by atoms with Gasteiger partial charge in [-0.05, 0) is 23.4 Å². The van der Waals surface area contributed by atoms with Crippen LogP contribution in [-0.4, -0.2) is 35.7 Å². The summed E-state index contributed by atoms with van der Waals surface area (Å²) in [6, 6.07) is 10.8. The first kappa shape index (κ1) is 16.2. The monoisotopic (exact) mass is 324 g/mol. The predicted octanol–water partition coefficient (Wildman–Crippen LogP) is 2.60. The van der Waals surface area contributed by atoms with Crippen LogP contribution in [-0.2, 0) is 4.79 Å². The normalized spacial score (nSPS) is 13.7. The average molecular weight is 324 g/mol. The van der Waals surface area contributed by atoms with E-state index in [9.17, 15) is 14.4 Å². The lowest BCUT2D eigenvalue weighted by Gasteiger charge is -2.27. The zero-order valence-electron chi connectivity index (χ0n) is 13.8. The molecule has 0 saturated heterocycles. The van der Waals surface area contributed by atoms with E-state index in [2.05, 4.69) is 5.32 Å². The van der Waals surface area contributed by atoms with Gasteiger partial charge in [-0.25, -0.2) is 0 Å². The van der Waals surface area contributed by atoms with Gasteiger partial charge in [0.1, 0.15) is 0 Å². The van der Waals surface area contributed by atoms with E-state index in [-0.39, 0.29) is 30.7 Å². The van der Waals surface area contributed by atoms with Gasteiger partial charge in [-0.1, -0.05) is 38.1 Å². The average Bonchev–Trinajstić information content (AvgIpc) is 2.57. The number of benzene rings is 2. The van der Waals surface area contributed by atoms with E-state index in [0.717, 1.165) is 5.39 Å². The molecule has 0 fully saturated rings. The van der Waals surface area contributed by atoms with Gasteiger partial charge in [-0.3, -0.25) is 19.3 Å². The van der Waals surface area contributed by atoms with Crippen molar-refractivity contribution in [2.75, 3.05) is 13.1 Å². The van der Waals surface area contributed by atoms with Crippen molar-refractivity contribution in [3.63, 3.8) is 0 Å². The van der Waals surface area contributed by atoms with Crippen molar-refractivity contribution in [1.29, 1.82) is 0 Å². The minimum atomic E-state index is -0.332. The van der Waals surface area contributed by atoms with Gasteiger partial charge in [0.2, 0.25) is 5.91 Å². The molecule has 0 bridgehead atoms. The molecular weight excluding hydrogens is 304 g/mol. The Hall–Kier alpha value is -2.69. The molecule has 0 radical (unpaired) electrons. The molecule has 24 heavy (non-hydrogen) atoms. The highest BCUT2D eigenvalue weighted by Crippen LogP contribution is 2.29. The Morgan fingerprint density at radius 2 is 1.62 bits per heavy atom. The summed E-state index contributed by atoms with van der Waals surface area (Å²) in [5.74, 6) is -0.458. The van der Waals surface area contributed by atoms with Gasteiger partial charge in [0.25, 0.3) is 11.8 Å². The fourth-order valence-electron chi connectivity index (χ4n) is 2.90. The number of hydrogen-bond donors (Lipinski definition) is 1. The Balaban J connectivity index is 1.81. The van der Waals surface area contributed by atoms with Gasteiger partial charge in [0.05, 0.1) is 0 Å². The maximum atomic E-state index is 12.7. The molecule has 0 aromatic heterocycles. The molecule has 0 spiro atoms. The lowest BCUT2D eigenvalue weighted by Crippen LogP contribution is -2.42. The Morgan fingerprint density at radius 3 is 2.17 bits per heavy atom. The molecule has 1 heterocycles. The minimum Gasteiger partial charge on any atom is -0.356 e. The van der Waals surface area contributed by atoms with Crippen LogP contribution in [0.4, 0.5) is 0 Å². The summed E-state index contributed by atoms with van der Waals surface area (Å²) in [5.41, 5.74) is 1.04. The SMILES string of the molecule is CC(C)CNC(=O)CCN1C(=O)c2cccc3cccc(c23)C1=O. The first-order chi connectivity index (χ1) is 11.5. The van der Waals surface area contributed by atoms with E-state index in [4.69, 9.17) is 0 Å². The van der Waals surface area contributed by atoms with Crippen LogP contribution in [0.5, 0.6) is 0 Å². The molecule has 1 aliphatic rings. The van der Waals surface area contributed by atoms with Crippen LogP contribution in [0.25, 0.3) is 10.8 Å². The predicted molar refractivity (Wildman–Crippen MR) is 91.8 cm³/mol. The van der Waals surface area contributed by atoms with Crippen molar-refractivity contribution in [2.45, 2.75) is 20.3 Å². The molecule has 0 saturated carbocycles. The quantitative estimate of drug-likeness (QED) is 0.860. The molecule has 0 unspecified atom stereocenters. The van der Waals surface area contributed by atoms with E-state index in [1.54, 1.807) is 12.1 Å². The molecule has 5 nitrogen and oxygen atoms in total. The first-order valence-corrected chi connectivity index (χ1v) is 8.13. The highest BCUT2D eigenvalue weighted by molar-refractivity contribution is 6.25. The number of hydrogen-bond acceptors (Lipinski definition) is 3. The number of rotatable bonds is 5. The van der Waals surface area contributed by atoms with E-state index >= 15 is 0 Å². The summed E-state index contributed by atoms with van der Waals surface area (Å²) in [5, 5.41) is 4.38. The van der Waals surface area contributed by atoms with E-state index in [0.29, 0.717) is 29.0 Å². The first-order valence-electron chi connectivity index (χ1n) is 8.13. The molecule has 3 rings (SSSR count). The number of amides is 3. The van der Waals surface area contributed by atoms with Gasteiger partial charge < -0.3 is 5.32 Å². The van der Waals surface area contributed by atoms with Crippen LogP contribution in [0.3, 0.4) is 0 Å². The third kappa shape index (κ3) is 2.89. The van der Waals surface area contributed by atoms with Crippen molar-refractivity contribution < 1.29 is 14.4 Å². The van der Waals surface area contributed by atoms with Gasteiger partial charge in [-0.2, -0.15) is 0 Å². The lowest BCUT2D eigenvalue weighted by molar-refractivity contribution is -0.121. The minimum absolute atomic E-state index is 0.0896. The molecule has 124 valence electrons. The van der Waals surface area contributed by atoms with E-state index < -0.39 is 0 Å². The summed E-state index contributed by atoms with van der Waals surface area (Å²) in [7, 11) is 0. The largest absolute Gasteiger partial charge is 0.356 e. The second kappa shape index (κ2) is 6.43. The summed E-state index contributed by atoms with van der Waals surface area (Å²) in [6.45, 7) is 4.69. The van der Waals surface area contributed by atoms with Crippen LogP contribution >= 0.6 is 0 Å². The summed E-state index contributed by atoms with van der Waals surface area (Å²) in [6.07, 6.45) is 0.113. The third-order valence-electron chi connectivity index (χ3n) is 4.13. The van der Waals surface area contributed by atoms with E-state index in [1.165, 1.54) is 4.90 Å². The van der Waals surface area contributed by atoms with E-state index in [1.807, 2.05) is 38.1 Å². The topological polar surface area (TPSA) is 66.5 Å². The summed E-state index contributed by atoms with van der Waals surface area (Å²) < 4.78 is 0. The van der Waals surface area contributed by atoms with Crippen LogP contribution in [0, 0.1) is 5.92 Å². The van der Waals surface area contributed by atoms with Crippen molar-refractivity contribution in [3.05, 3.63) is 47.5 Å². The molecule has 3 amide bonds. The molecule has 2 aromatic carbocycles. The lowest BCUT2D eigenvalue weighted by atomic mass is 9.94. The number of imide groups is 1. The second-order valence-corrected chi connectivity index (χ2v) is 6.42. The Kier molecular flexibility index (Phi) is 4.34. The molecule has 1 aliphatic heterocycles. The summed E-state index contributed by atoms with van der Waals surface area (Å²) >= 11 is 0.